The molecule has 3 aromatic carbocycles. The van der Waals surface area contributed by atoms with Crippen molar-refractivity contribution in [2.24, 2.45) is 0 Å². The number of hydrogen-bond acceptors (Lipinski definition) is 5. The molecule has 8 heteroatoms. The van der Waals surface area contributed by atoms with E-state index < -0.39 is 10.0 Å². The number of ether oxygens (including phenoxy) is 1. The number of para-hydroxylation sites is 3. The number of amides is 1. The summed E-state index contributed by atoms with van der Waals surface area (Å²) in [5.41, 5.74) is 0.616. The molecule has 33 heavy (non-hydrogen) atoms. The minimum absolute atomic E-state index is 0.113. The van der Waals surface area contributed by atoms with Crippen LogP contribution in [0.4, 0.5) is 5.69 Å². The number of nitrogens with one attached hydrogen (secondary N) is 1. The summed E-state index contributed by atoms with van der Waals surface area (Å²) in [7, 11) is -3.47. The van der Waals surface area contributed by atoms with E-state index in [0.29, 0.717) is 61.2 Å². The Morgan fingerprint density at radius 3 is 2.12 bits per heavy atom. The topological polar surface area (TPSA) is 79.0 Å². The zero-order chi connectivity index (χ0) is 23.1. The summed E-state index contributed by atoms with van der Waals surface area (Å²) in [6.45, 7) is 2.56. The first-order valence-electron chi connectivity index (χ1n) is 10.9. The van der Waals surface area contributed by atoms with E-state index in [9.17, 15) is 13.2 Å². The van der Waals surface area contributed by atoms with E-state index >= 15 is 0 Å². The number of sulfonamides is 1. The van der Waals surface area contributed by atoms with Crippen LogP contribution >= 0.6 is 0 Å². The SMILES string of the molecule is O=C(CCN1CCN(S(=O)(=O)c2ccccc2)CC1)Nc1ccccc1Oc1ccccc1. The Bertz CT molecular complexity index is 1160. The summed E-state index contributed by atoms with van der Waals surface area (Å²) >= 11 is 0. The molecule has 1 fully saturated rings. The quantitative estimate of drug-likeness (QED) is 0.547. The van der Waals surface area contributed by atoms with Gasteiger partial charge < -0.3 is 15.0 Å². The Hall–Kier alpha value is -3.20. The van der Waals surface area contributed by atoms with Gasteiger partial charge >= 0.3 is 0 Å². The van der Waals surface area contributed by atoms with Gasteiger partial charge in [-0.3, -0.25) is 4.79 Å². The minimum atomic E-state index is -3.47. The van der Waals surface area contributed by atoms with Crippen molar-refractivity contribution in [3.8, 4) is 11.5 Å². The molecular formula is C25H27N3O4S. The maximum absolute atomic E-state index is 12.8. The number of piperazine rings is 1. The zero-order valence-corrected chi connectivity index (χ0v) is 19.1. The van der Waals surface area contributed by atoms with E-state index in [0.717, 1.165) is 0 Å². The van der Waals surface area contributed by atoms with Crippen LogP contribution in [0.3, 0.4) is 0 Å². The molecule has 1 aliphatic rings. The van der Waals surface area contributed by atoms with Gasteiger partial charge in [-0.2, -0.15) is 4.31 Å². The number of benzene rings is 3. The van der Waals surface area contributed by atoms with Gasteiger partial charge in [0.2, 0.25) is 15.9 Å². The standard InChI is InChI=1S/C25H27N3O4S/c29-25(26-23-13-7-8-14-24(23)32-21-9-3-1-4-10-21)15-16-27-17-19-28(20-18-27)33(30,31)22-11-5-2-6-12-22/h1-14H,15-20H2,(H,26,29). The average Bonchev–Trinajstić information content (AvgIpc) is 2.85. The van der Waals surface area contributed by atoms with Crippen molar-refractivity contribution >= 4 is 21.6 Å². The van der Waals surface area contributed by atoms with Crippen LogP contribution in [0.5, 0.6) is 11.5 Å². The van der Waals surface area contributed by atoms with Crippen LogP contribution in [0.15, 0.2) is 89.8 Å². The van der Waals surface area contributed by atoms with Crippen LogP contribution in [-0.4, -0.2) is 56.3 Å². The second kappa shape index (κ2) is 10.6. The van der Waals surface area contributed by atoms with Crippen molar-refractivity contribution < 1.29 is 17.9 Å². The number of carbonyl (C=O) groups excluding carboxylic acids is 1. The van der Waals surface area contributed by atoms with E-state index in [2.05, 4.69) is 10.2 Å². The van der Waals surface area contributed by atoms with E-state index in [1.54, 1.807) is 30.3 Å². The van der Waals surface area contributed by atoms with Gasteiger partial charge in [-0.05, 0) is 36.4 Å². The lowest BCUT2D eigenvalue weighted by molar-refractivity contribution is -0.116. The smallest absolute Gasteiger partial charge is 0.243 e. The van der Waals surface area contributed by atoms with Gasteiger partial charge in [0, 0.05) is 39.1 Å². The number of nitrogens with zero attached hydrogens (tertiary/aromatic N) is 2. The third-order valence-electron chi connectivity index (χ3n) is 5.50. The van der Waals surface area contributed by atoms with E-state index in [1.807, 2.05) is 54.6 Å². The number of hydrogen-bond donors (Lipinski definition) is 1. The summed E-state index contributed by atoms with van der Waals surface area (Å²) in [4.78, 5) is 15.0. The molecule has 1 saturated heterocycles. The molecular weight excluding hydrogens is 438 g/mol. The fraction of sp³-hybridized carbons (Fsp3) is 0.240. The molecule has 1 amide bonds. The van der Waals surface area contributed by atoms with Crippen LogP contribution < -0.4 is 10.1 Å². The summed E-state index contributed by atoms with van der Waals surface area (Å²) in [6.07, 6.45) is 0.311. The van der Waals surface area contributed by atoms with Gasteiger partial charge in [-0.25, -0.2) is 8.42 Å². The fourth-order valence-corrected chi connectivity index (χ4v) is 5.13. The molecule has 4 rings (SSSR count). The van der Waals surface area contributed by atoms with E-state index in [-0.39, 0.29) is 5.91 Å². The second-order valence-corrected chi connectivity index (χ2v) is 9.71. The van der Waals surface area contributed by atoms with Gasteiger partial charge in [-0.1, -0.05) is 48.5 Å². The Morgan fingerprint density at radius 2 is 1.42 bits per heavy atom. The van der Waals surface area contributed by atoms with Crippen LogP contribution in [0.2, 0.25) is 0 Å². The lowest BCUT2D eigenvalue weighted by atomic mass is 10.2. The first-order valence-corrected chi connectivity index (χ1v) is 12.4. The molecule has 0 bridgehead atoms. The highest BCUT2D eigenvalue weighted by Crippen LogP contribution is 2.29. The minimum Gasteiger partial charge on any atom is -0.455 e. The lowest BCUT2D eigenvalue weighted by Crippen LogP contribution is -2.49. The monoisotopic (exact) mass is 465 g/mol. The predicted octanol–water partition coefficient (Wildman–Crippen LogP) is 3.81. The van der Waals surface area contributed by atoms with Gasteiger partial charge in [0.15, 0.2) is 5.75 Å². The fourth-order valence-electron chi connectivity index (χ4n) is 3.68. The normalized spacial score (nSPS) is 15.2. The molecule has 3 aromatic rings. The van der Waals surface area contributed by atoms with Crippen LogP contribution in [0.1, 0.15) is 6.42 Å². The van der Waals surface area contributed by atoms with Crippen LogP contribution in [0, 0.1) is 0 Å². The molecule has 0 spiro atoms. The van der Waals surface area contributed by atoms with Crippen molar-refractivity contribution in [3.05, 3.63) is 84.9 Å². The van der Waals surface area contributed by atoms with Crippen molar-refractivity contribution in [1.82, 2.24) is 9.21 Å². The van der Waals surface area contributed by atoms with Gasteiger partial charge in [0.25, 0.3) is 0 Å². The highest BCUT2D eigenvalue weighted by molar-refractivity contribution is 7.89. The van der Waals surface area contributed by atoms with Crippen molar-refractivity contribution in [3.63, 3.8) is 0 Å². The van der Waals surface area contributed by atoms with Crippen molar-refractivity contribution in [2.75, 3.05) is 38.0 Å². The highest BCUT2D eigenvalue weighted by Gasteiger charge is 2.28. The maximum Gasteiger partial charge on any atom is 0.243 e. The molecule has 0 unspecified atom stereocenters. The summed E-state index contributed by atoms with van der Waals surface area (Å²) in [5, 5.41) is 2.93. The summed E-state index contributed by atoms with van der Waals surface area (Å²) in [6, 6.07) is 25.2. The predicted molar refractivity (Wildman–Crippen MR) is 128 cm³/mol. The van der Waals surface area contributed by atoms with E-state index in [1.165, 1.54) is 4.31 Å². The summed E-state index contributed by atoms with van der Waals surface area (Å²) < 4.78 is 32.9. The van der Waals surface area contributed by atoms with Crippen molar-refractivity contribution in [2.45, 2.75) is 11.3 Å². The molecule has 0 aliphatic carbocycles. The maximum atomic E-state index is 12.8. The molecule has 0 radical (unpaired) electrons. The van der Waals surface area contributed by atoms with Crippen molar-refractivity contribution in [1.29, 1.82) is 0 Å². The molecule has 1 aliphatic heterocycles. The second-order valence-electron chi connectivity index (χ2n) is 7.77. The average molecular weight is 466 g/mol. The number of anilines is 1. The molecule has 0 aromatic heterocycles. The zero-order valence-electron chi connectivity index (χ0n) is 18.3. The van der Waals surface area contributed by atoms with Gasteiger partial charge in [0.1, 0.15) is 5.75 Å². The van der Waals surface area contributed by atoms with Crippen LogP contribution in [-0.2, 0) is 14.8 Å². The highest BCUT2D eigenvalue weighted by atomic mass is 32.2. The molecule has 0 atom stereocenters. The summed E-state index contributed by atoms with van der Waals surface area (Å²) in [5.74, 6) is 1.16. The number of rotatable bonds is 8. The first-order chi connectivity index (χ1) is 16.0. The third-order valence-corrected chi connectivity index (χ3v) is 7.41. The van der Waals surface area contributed by atoms with Gasteiger partial charge in [0.05, 0.1) is 10.6 Å². The lowest BCUT2D eigenvalue weighted by Gasteiger charge is -2.33. The van der Waals surface area contributed by atoms with Gasteiger partial charge in [-0.15, -0.1) is 0 Å². The Balaban J connectivity index is 1.27. The third kappa shape index (κ3) is 5.98. The van der Waals surface area contributed by atoms with Crippen LogP contribution in [0.25, 0.3) is 0 Å². The van der Waals surface area contributed by atoms with E-state index in [4.69, 9.17) is 4.74 Å². The molecule has 0 saturated carbocycles. The molecule has 7 nitrogen and oxygen atoms in total. The first kappa shape index (κ1) is 23.0. The molecule has 1 N–H and O–H groups in total. The Kier molecular flexibility index (Phi) is 7.39. The Morgan fingerprint density at radius 1 is 0.818 bits per heavy atom. The molecule has 172 valence electrons. The largest absolute Gasteiger partial charge is 0.455 e. The Labute approximate surface area is 194 Å². The number of carbonyl (C=O) groups is 1. The molecule has 1 heterocycles.